The summed E-state index contributed by atoms with van der Waals surface area (Å²) in [5, 5.41) is 1.07. The highest BCUT2D eigenvalue weighted by atomic mass is 79.9. The average Bonchev–Trinajstić information content (AvgIpc) is 2.85. The molecule has 0 saturated heterocycles. The molecule has 0 aliphatic rings. The van der Waals surface area contributed by atoms with E-state index < -0.39 is 0 Å². The van der Waals surface area contributed by atoms with E-state index in [2.05, 4.69) is 37.3 Å². The van der Waals surface area contributed by atoms with Crippen LogP contribution in [0.3, 0.4) is 0 Å². The Morgan fingerprint density at radius 1 is 1.05 bits per heavy atom. The van der Waals surface area contributed by atoms with Crippen molar-refractivity contribution in [3.05, 3.63) is 68.8 Å². The number of benzene rings is 2. The summed E-state index contributed by atoms with van der Waals surface area (Å²) in [6.45, 7) is 0. The van der Waals surface area contributed by atoms with Crippen LogP contribution in [0.25, 0.3) is 11.0 Å². The fourth-order valence-corrected chi connectivity index (χ4v) is 3.48. The van der Waals surface area contributed by atoms with E-state index in [1.807, 2.05) is 48.5 Å². The first kappa shape index (κ1) is 13.8. The van der Waals surface area contributed by atoms with Crippen molar-refractivity contribution in [3.8, 4) is 0 Å². The van der Waals surface area contributed by atoms with Gasteiger partial charge in [0.25, 0.3) is 0 Å². The van der Waals surface area contributed by atoms with Crippen LogP contribution in [0.15, 0.2) is 61.9 Å². The predicted octanol–water partition coefficient (Wildman–Crippen LogP) is 4.51. The lowest BCUT2D eigenvalue weighted by Crippen LogP contribution is -2.28. The van der Waals surface area contributed by atoms with Gasteiger partial charge >= 0.3 is 0 Å². The molecular weight excluding hydrogens is 384 g/mol. The Kier molecular flexibility index (Phi) is 3.94. The lowest BCUT2D eigenvalue weighted by Gasteiger charge is -2.15. The van der Waals surface area contributed by atoms with Gasteiger partial charge in [-0.25, -0.2) is 5.43 Å². The monoisotopic (exact) mass is 394 g/mol. The van der Waals surface area contributed by atoms with Crippen molar-refractivity contribution in [2.24, 2.45) is 5.84 Å². The van der Waals surface area contributed by atoms with Crippen LogP contribution in [0.4, 0.5) is 0 Å². The molecule has 1 unspecified atom stereocenters. The molecule has 0 aliphatic carbocycles. The zero-order chi connectivity index (χ0) is 14.1. The summed E-state index contributed by atoms with van der Waals surface area (Å²) < 4.78 is 7.86. The first-order chi connectivity index (χ1) is 9.69. The van der Waals surface area contributed by atoms with Crippen molar-refractivity contribution in [1.29, 1.82) is 0 Å². The molecule has 1 aromatic heterocycles. The molecule has 3 rings (SSSR count). The van der Waals surface area contributed by atoms with E-state index in [9.17, 15) is 0 Å². The second kappa shape index (κ2) is 5.69. The summed E-state index contributed by atoms with van der Waals surface area (Å²) in [6.07, 6.45) is 0. The highest BCUT2D eigenvalue weighted by molar-refractivity contribution is 9.11. The van der Waals surface area contributed by atoms with E-state index in [1.165, 1.54) is 0 Å². The van der Waals surface area contributed by atoms with Gasteiger partial charge in [-0.15, -0.1) is 0 Å². The molecule has 1 atom stereocenters. The predicted molar refractivity (Wildman–Crippen MR) is 87.2 cm³/mol. The van der Waals surface area contributed by atoms with Gasteiger partial charge in [0.05, 0.1) is 0 Å². The van der Waals surface area contributed by atoms with Crippen LogP contribution in [0.2, 0.25) is 0 Å². The molecule has 0 fully saturated rings. The van der Waals surface area contributed by atoms with Crippen molar-refractivity contribution in [2.45, 2.75) is 6.04 Å². The highest BCUT2D eigenvalue weighted by Crippen LogP contribution is 2.33. The van der Waals surface area contributed by atoms with Crippen LogP contribution in [-0.2, 0) is 0 Å². The number of fused-ring (bicyclic) bond motifs is 1. The van der Waals surface area contributed by atoms with Gasteiger partial charge in [-0.2, -0.15) is 0 Å². The van der Waals surface area contributed by atoms with Crippen molar-refractivity contribution in [2.75, 3.05) is 0 Å². The molecule has 2 aromatic carbocycles. The van der Waals surface area contributed by atoms with Gasteiger partial charge in [0.2, 0.25) is 0 Å². The molecule has 3 nitrogen and oxygen atoms in total. The zero-order valence-electron chi connectivity index (χ0n) is 10.4. The van der Waals surface area contributed by atoms with Crippen LogP contribution in [-0.4, -0.2) is 0 Å². The Morgan fingerprint density at radius 2 is 1.85 bits per heavy atom. The molecule has 102 valence electrons. The standard InChI is InChI=1S/C15H12Br2N2O/c16-10-5-6-11(12(17)8-10)15(19-18)14-7-9-3-1-2-4-13(9)20-14/h1-8,15,19H,18H2. The van der Waals surface area contributed by atoms with Crippen molar-refractivity contribution in [3.63, 3.8) is 0 Å². The largest absolute Gasteiger partial charge is 0.459 e. The number of halogens is 2. The van der Waals surface area contributed by atoms with E-state index in [4.69, 9.17) is 10.3 Å². The summed E-state index contributed by atoms with van der Waals surface area (Å²) in [4.78, 5) is 0. The number of hydrazine groups is 1. The number of nitrogens with two attached hydrogens (primary N) is 1. The lowest BCUT2D eigenvalue weighted by molar-refractivity contribution is 0.476. The van der Waals surface area contributed by atoms with Gasteiger partial charge in [0.15, 0.2) is 0 Å². The minimum absolute atomic E-state index is 0.204. The summed E-state index contributed by atoms with van der Waals surface area (Å²) in [6, 6.07) is 15.7. The third-order valence-electron chi connectivity index (χ3n) is 3.17. The van der Waals surface area contributed by atoms with Crippen molar-refractivity contribution >= 4 is 42.8 Å². The molecule has 0 spiro atoms. The maximum absolute atomic E-state index is 5.89. The quantitative estimate of drug-likeness (QED) is 0.506. The van der Waals surface area contributed by atoms with E-state index >= 15 is 0 Å². The molecule has 5 heteroatoms. The minimum atomic E-state index is -0.204. The fourth-order valence-electron chi connectivity index (χ4n) is 2.21. The molecule has 0 bridgehead atoms. The van der Waals surface area contributed by atoms with Crippen LogP contribution in [0, 0.1) is 0 Å². The maximum Gasteiger partial charge on any atom is 0.134 e. The van der Waals surface area contributed by atoms with Crippen molar-refractivity contribution < 1.29 is 4.42 Å². The molecule has 0 radical (unpaired) electrons. The van der Waals surface area contributed by atoms with Gasteiger partial charge in [-0.05, 0) is 29.8 Å². The van der Waals surface area contributed by atoms with Crippen molar-refractivity contribution in [1.82, 2.24) is 5.43 Å². The average molecular weight is 396 g/mol. The Morgan fingerprint density at radius 3 is 2.55 bits per heavy atom. The highest BCUT2D eigenvalue weighted by Gasteiger charge is 2.19. The number of hydrogen-bond acceptors (Lipinski definition) is 3. The number of rotatable bonds is 3. The molecule has 0 saturated carbocycles. The topological polar surface area (TPSA) is 51.2 Å². The Balaban J connectivity index is 2.08. The summed E-state index contributed by atoms with van der Waals surface area (Å²) >= 11 is 7.01. The third kappa shape index (κ3) is 2.54. The van der Waals surface area contributed by atoms with Gasteiger partial charge in [-0.1, -0.05) is 56.1 Å². The van der Waals surface area contributed by atoms with Crippen LogP contribution in [0.1, 0.15) is 17.4 Å². The first-order valence-corrected chi connectivity index (χ1v) is 7.67. The smallest absolute Gasteiger partial charge is 0.134 e. The van der Waals surface area contributed by atoms with E-state index in [-0.39, 0.29) is 6.04 Å². The summed E-state index contributed by atoms with van der Waals surface area (Å²) in [7, 11) is 0. The second-order valence-electron chi connectivity index (χ2n) is 4.45. The molecule has 3 aromatic rings. The lowest BCUT2D eigenvalue weighted by atomic mass is 10.1. The van der Waals surface area contributed by atoms with Gasteiger partial charge in [0, 0.05) is 14.3 Å². The summed E-state index contributed by atoms with van der Waals surface area (Å²) in [5.74, 6) is 6.51. The second-order valence-corrected chi connectivity index (χ2v) is 6.22. The van der Waals surface area contributed by atoms with Gasteiger partial charge in [0.1, 0.15) is 17.4 Å². The van der Waals surface area contributed by atoms with Crippen LogP contribution < -0.4 is 11.3 Å². The minimum Gasteiger partial charge on any atom is -0.459 e. The first-order valence-electron chi connectivity index (χ1n) is 6.08. The maximum atomic E-state index is 5.89. The Labute approximate surface area is 133 Å². The number of hydrogen-bond donors (Lipinski definition) is 2. The van der Waals surface area contributed by atoms with E-state index in [0.717, 1.165) is 31.2 Å². The molecule has 3 N–H and O–H groups in total. The Hall–Kier alpha value is -1.14. The number of para-hydroxylation sites is 1. The molecule has 0 amide bonds. The molecule has 20 heavy (non-hydrogen) atoms. The third-order valence-corrected chi connectivity index (χ3v) is 4.35. The SMILES string of the molecule is NNC(c1cc2ccccc2o1)c1ccc(Br)cc1Br. The summed E-state index contributed by atoms with van der Waals surface area (Å²) in [5.41, 5.74) is 4.70. The van der Waals surface area contributed by atoms with E-state index in [1.54, 1.807) is 0 Å². The number of furan rings is 1. The zero-order valence-corrected chi connectivity index (χ0v) is 13.6. The molecular formula is C15H12Br2N2O. The molecule has 0 aliphatic heterocycles. The number of nitrogens with one attached hydrogen (secondary N) is 1. The normalized spacial score (nSPS) is 12.8. The van der Waals surface area contributed by atoms with Gasteiger partial charge < -0.3 is 4.42 Å². The van der Waals surface area contributed by atoms with E-state index in [0.29, 0.717) is 0 Å². The fraction of sp³-hybridized carbons (Fsp3) is 0.0667. The molecule has 1 heterocycles. The van der Waals surface area contributed by atoms with Gasteiger partial charge in [-0.3, -0.25) is 5.84 Å². The van der Waals surface area contributed by atoms with Crippen LogP contribution in [0.5, 0.6) is 0 Å². The van der Waals surface area contributed by atoms with Crippen LogP contribution >= 0.6 is 31.9 Å². The Bertz CT molecular complexity index is 721.